The van der Waals surface area contributed by atoms with Crippen LogP contribution in [0.3, 0.4) is 0 Å². The fourth-order valence-corrected chi connectivity index (χ4v) is 2.46. The maximum absolute atomic E-state index is 12.1. The van der Waals surface area contributed by atoms with Gasteiger partial charge in [-0.25, -0.2) is 0 Å². The third-order valence-electron chi connectivity index (χ3n) is 2.80. The maximum atomic E-state index is 12.1. The number of phenols is 1. The molecule has 1 amide bonds. The molecule has 104 valence electrons. The lowest BCUT2D eigenvalue weighted by molar-refractivity contribution is 0.102. The monoisotopic (exact) mass is 401 g/mol. The number of hydrogen-bond donors (Lipinski definition) is 2. The molecule has 0 saturated carbocycles. The second kappa shape index (κ2) is 6.95. The van der Waals surface area contributed by atoms with Gasteiger partial charge in [-0.05, 0) is 64.9 Å². The Hall–Kier alpha value is -1.27. The first kappa shape index (κ1) is 15.1. The predicted octanol–water partition coefficient (Wildman–Crippen LogP) is 4.03. The molecule has 0 aliphatic heterocycles. The molecular formula is C15H13ClINO2. The van der Waals surface area contributed by atoms with Crippen LogP contribution in [0.15, 0.2) is 42.5 Å². The molecule has 0 radical (unpaired) electrons. The molecule has 0 atom stereocenters. The third kappa shape index (κ3) is 3.86. The zero-order chi connectivity index (χ0) is 14.5. The molecule has 0 aliphatic rings. The fourth-order valence-electron chi connectivity index (χ4n) is 1.75. The number of carbonyl (C=O) groups excluding carboxylic acids is 1. The molecule has 0 saturated heterocycles. The Kier molecular flexibility index (Phi) is 5.25. The van der Waals surface area contributed by atoms with Crippen molar-refractivity contribution in [3.63, 3.8) is 0 Å². The summed E-state index contributed by atoms with van der Waals surface area (Å²) in [7, 11) is 0. The van der Waals surface area contributed by atoms with Crippen molar-refractivity contribution < 1.29 is 9.90 Å². The number of anilines is 1. The van der Waals surface area contributed by atoms with Crippen LogP contribution in [0.2, 0.25) is 0 Å². The summed E-state index contributed by atoms with van der Waals surface area (Å²) in [6.45, 7) is 0. The first-order chi connectivity index (χ1) is 9.60. The molecule has 0 fully saturated rings. The van der Waals surface area contributed by atoms with Crippen molar-refractivity contribution in [1.29, 1.82) is 0 Å². The van der Waals surface area contributed by atoms with Crippen LogP contribution in [0.5, 0.6) is 5.75 Å². The number of halogens is 2. The zero-order valence-electron chi connectivity index (χ0n) is 10.6. The van der Waals surface area contributed by atoms with E-state index in [0.717, 1.165) is 15.6 Å². The van der Waals surface area contributed by atoms with Gasteiger partial charge in [-0.2, -0.15) is 0 Å². The Morgan fingerprint density at radius 2 is 1.90 bits per heavy atom. The fraction of sp³-hybridized carbons (Fsp3) is 0.133. The van der Waals surface area contributed by atoms with Gasteiger partial charge >= 0.3 is 0 Å². The van der Waals surface area contributed by atoms with Crippen LogP contribution < -0.4 is 5.32 Å². The minimum Gasteiger partial charge on any atom is -0.507 e. The highest BCUT2D eigenvalue weighted by Gasteiger charge is 2.11. The molecule has 0 bridgehead atoms. The summed E-state index contributed by atoms with van der Waals surface area (Å²) in [6.07, 6.45) is 0.799. The number of aryl methyl sites for hydroxylation is 1. The Morgan fingerprint density at radius 1 is 1.20 bits per heavy atom. The molecule has 2 N–H and O–H groups in total. The SMILES string of the molecule is O=C(Nc1ccc(CCCl)cc1)c1cc(I)ccc1O. The minimum absolute atomic E-state index is 0.0262. The van der Waals surface area contributed by atoms with Gasteiger partial charge in [0.25, 0.3) is 5.91 Å². The lowest BCUT2D eigenvalue weighted by Gasteiger charge is -2.08. The van der Waals surface area contributed by atoms with E-state index in [1.807, 2.05) is 24.3 Å². The van der Waals surface area contributed by atoms with Gasteiger partial charge in [0.1, 0.15) is 5.75 Å². The van der Waals surface area contributed by atoms with Crippen molar-refractivity contribution in [1.82, 2.24) is 0 Å². The Morgan fingerprint density at radius 3 is 2.55 bits per heavy atom. The van der Waals surface area contributed by atoms with E-state index in [1.54, 1.807) is 12.1 Å². The minimum atomic E-state index is -0.328. The normalized spacial score (nSPS) is 10.3. The van der Waals surface area contributed by atoms with Crippen molar-refractivity contribution in [2.24, 2.45) is 0 Å². The van der Waals surface area contributed by atoms with Crippen molar-refractivity contribution in [3.05, 3.63) is 57.2 Å². The third-order valence-corrected chi connectivity index (χ3v) is 3.66. The number of nitrogens with one attached hydrogen (secondary N) is 1. The molecule has 0 aromatic heterocycles. The summed E-state index contributed by atoms with van der Waals surface area (Å²) in [5.41, 5.74) is 2.07. The van der Waals surface area contributed by atoms with Crippen LogP contribution in [0.1, 0.15) is 15.9 Å². The first-order valence-electron chi connectivity index (χ1n) is 6.05. The molecule has 2 aromatic carbocycles. The quantitative estimate of drug-likeness (QED) is 0.600. The van der Waals surface area contributed by atoms with Crippen LogP contribution in [-0.2, 0) is 6.42 Å². The lowest BCUT2D eigenvalue weighted by atomic mass is 10.1. The average molecular weight is 402 g/mol. The molecule has 0 aliphatic carbocycles. The molecule has 20 heavy (non-hydrogen) atoms. The summed E-state index contributed by atoms with van der Waals surface area (Å²) < 4.78 is 0.892. The van der Waals surface area contributed by atoms with E-state index in [9.17, 15) is 9.90 Å². The van der Waals surface area contributed by atoms with E-state index >= 15 is 0 Å². The highest BCUT2D eigenvalue weighted by atomic mass is 127. The van der Waals surface area contributed by atoms with Crippen LogP contribution in [0, 0.1) is 3.57 Å². The van der Waals surface area contributed by atoms with E-state index in [1.165, 1.54) is 6.07 Å². The molecule has 3 nitrogen and oxygen atoms in total. The number of rotatable bonds is 4. The van der Waals surface area contributed by atoms with E-state index in [0.29, 0.717) is 11.6 Å². The second-order valence-electron chi connectivity index (χ2n) is 4.25. The number of phenolic OH excluding ortho intramolecular Hbond substituents is 1. The van der Waals surface area contributed by atoms with Gasteiger partial charge in [0.15, 0.2) is 0 Å². The molecule has 0 spiro atoms. The second-order valence-corrected chi connectivity index (χ2v) is 5.88. The Labute approximate surface area is 136 Å². The summed E-state index contributed by atoms with van der Waals surface area (Å²) in [5, 5.41) is 12.5. The molecule has 2 aromatic rings. The number of benzene rings is 2. The highest BCUT2D eigenvalue weighted by molar-refractivity contribution is 14.1. The van der Waals surface area contributed by atoms with Gasteiger partial charge in [-0.1, -0.05) is 12.1 Å². The standard InChI is InChI=1S/C15H13ClINO2/c16-8-7-10-1-4-12(5-2-10)18-15(20)13-9-11(17)3-6-14(13)19/h1-6,9,19H,7-8H2,(H,18,20). The summed E-state index contributed by atoms with van der Waals surface area (Å²) >= 11 is 7.77. The van der Waals surface area contributed by atoms with E-state index in [4.69, 9.17) is 11.6 Å². The van der Waals surface area contributed by atoms with Crippen molar-refractivity contribution in [3.8, 4) is 5.75 Å². The molecule has 5 heteroatoms. The van der Waals surface area contributed by atoms with Crippen LogP contribution >= 0.6 is 34.2 Å². The molecule has 0 unspecified atom stereocenters. The summed E-state index contributed by atoms with van der Waals surface area (Å²) in [4.78, 5) is 12.1. The highest BCUT2D eigenvalue weighted by Crippen LogP contribution is 2.21. The van der Waals surface area contributed by atoms with Crippen molar-refractivity contribution in [2.75, 3.05) is 11.2 Å². The van der Waals surface area contributed by atoms with Gasteiger partial charge in [0, 0.05) is 15.1 Å². The Balaban J connectivity index is 2.13. The molecular weight excluding hydrogens is 389 g/mol. The van der Waals surface area contributed by atoms with Crippen LogP contribution in [0.25, 0.3) is 0 Å². The first-order valence-corrected chi connectivity index (χ1v) is 7.66. The zero-order valence-corrected chi connectivity index (χ0v) is 13.5. The van der Waals surface area contributed by atoms with E-state index in [2.05, 4.69) is 27.9 Å². The number of aromatic hydroxyl groups is 1. The van der Waals surface area contributed by atoms with E-state index in [-0.39, 0.29) is 17.2 Å². The topological polar surface area (TPSA) is 49.3 Å². The molecule has 2 rings (SSSR count). The van der Waals surface area contributed by atoms with Crippen molar-refractivity contribution >= 4 is 45.8 Å². The molecule has 0 heterocycles. The lowest BCUT2D eigenvalue weighted by Crippen LogP contribution is -2.12. The van der Waals surface area contributed by atoms with Crippen LogP contribution in [0.4, 0.5) is 5.69 Å². The van der Waals surface area contributed by atoms with Crippen LogP contribution in [-0.4, -0.2) is 16.9 Å². The smallest absolute Gasteiger partial charge is 0.259 e. The Bertz CT molecular complexity index is 614. The van der Waals surface area contributed by atoms with Gasteiger partial charge in [0.2, 0.25) is 0 Å². The predicted molar refractivity (Wildman–Crippen MR) is 89.6 cm³/mol. The average Bonchev–Trinajstić information content (AvgIpc) is 2.44. The number of alkyl halides is 1. The maximum Gasteiger partial charge on any atom is 0.259 e. The van der Waals surface area contributed by atoms with Gasteiger partial charge in [0.05, 0.1) is 5.56 Å². The van der Waals surface area contributed by atoms with E-state index < -0.39 is 0 Å². The van der Waals surface area contributed by atoms with Gasteiger partial charge in [-0.3, -0.25) is 4.79 Å². The van der Waals surface area contributed by atoms with Crippen molar-refractivity contribution in [2.45, 2.75) is 6.42 Å². The summed E-state index contributed by atoms with van der Waals surface area (Å²) in [5.74, 6) is 0.218. The van der Waals surface area contributed by atoms with Gasteiger partial charge in [-0.15, -0.1) is 11.6 Å². The summed E-state index contributed by atoms with van der Waals surface area (Å²) in [6, 6.07) is 12.4. The number of hydrogen-bond acceptors (Lipinski definition) is 2. The van der Waals surface area contributed by atoms with Gasteiger partial charge < -0.3 is 10.4 Å². The number of carbonyl (C=O) groups is 1. The largest absolute Gasteiger partial charge is 0.507 e. The number of amides is 1.